The van der Waals surface area contributed by atoms with Crippen molar-refractivity contribution in [2.75, 3.05) is 6.61 Å². The van der Waals surface area contributed by atoms with Gasteiger partial charge >= 0.3 is 5.97 Å². The van der Waals surface area contributed by atoms with Crippen molar-refractivity contribution in [1.29, 1.82) is 0 Å². The second-order valence-corrected chi connectivity index (χ2v) is 6.01. The van der Waals surface area contributed by atoms with Gasteiger partial charge in [-0.25, -0.2) is 4.79 Å². The Labute approximate surface area is 146 Å². The van der Waals surface area contributed by atoms with Gasteiger partial charge in [0.25, 0.3) is 11.8 Å². The smallest absolute Gasteiger partial charge is 0.338 e. The molecule has 2 amide bonds. The summed E-state index contributed by atoms with van der Waals surface area (Å²) < 4.78 is 5.01. The number of imide groups is 1. The van der Waals surface area contributed by atoms with Gasteiger partial charge in [-0.2, -0.15) is 0 Å². The van der Waals surface area contributed by atoms with Gasteiger partial charge in [-0.05, 0) is 61.1 Å². The lowest BCUT2D eigenvalue weighted by Crippen LogP contribution is -2.34. The van der Waals surface area contributed by atoms with Crippen molar-refractivity contribution < 1.29 is 19.1 Å². The summed E-state index contributed by atoms with van der Waals surface area (Å²) in [6, 6.07) is 13.9. The summed E-state index contributed by atoms with van der Waals surface area (Å²) in [5, 5.41) is 2.20. The van der Waals surface area contributed by atoms with Crippen LogP contribution in [0.2, 0.25) is 0 Å². The van der Waals surface area contributed by atoms with E-state index in [1.165, 1.54) is 17.5 Å². The van der Waals surface area contributed by atoms with E-state index in [2.05, 4.69) is 5.32 Å². The minimum atomic E-state index is -0.653. The Hall–Kier alpha value is -2.95. The van der Waals surface area contributed by atoms with E-state index in [0.29, 0.717) is 11.1 Å². The average molecular weight is 337 g/mol. The molecule has 2 aromatic carbocycles. The third-order valence-corrected chi connectivity index (χ3v) is 4.21. The number of esters is 1. The second-order valence-electron chi connectivity index (χ2n) is 6.01. The Morgan fingerprint density at radius 2 is 1.60 bits per heavy atom. The first-order valence-corrected chi connectivity index (χ1v) is 8.31. The first-order valence-electron chi connectivity index (χ1n) is 8.31. The molecule has 5 nitrogen and oxygen atoms in total. The standard InChI is InChI=1S/C20H19NO4/c22-18(21-19(23)15-7-2-1-3-8-15)13-25-20(24)17-11-10-14-6-4-5-9-16(14)12-17/h1-3,7-8,10-12H,4-6,9,13H2,(H,21,22,23). The number of amides is 2. The number of fused-ring (bicyclic) bond motifs is 1. The maximum atomic E-state index is 12.1. The minimum absolute atomic E-state index is 0.372. The van der Waals surface area contributed by atoms with Gasteiger partial charge in [-0.3, -0.25) is 14.9 Å². The van der Waals surface area contributed by atoms with Crippen molar-refractivity contribution in [2.24, 2.45) is 0 Å². The molecule has 0 radical (unpaired) electrons. The summed E-state index contributed by atoms with van der Waals surface area (Å²) in [7, 11) is 0. The number of carbonyl (C=O) groups excluding carboxylic acids is 3. The summed E-state index contributed by atoms with van der Waals surface area (Å²) in [5.41, 5.74) is 3.25. The fourth-order valence-electron chi connectivity index (χ4n) is 2.90. The minimum Gasteiger partial charge on any atom is -0.452 e. The number of ether oxygens (including phenoxy) is 1. The summed E-state index contributed by atoms with van der Waals surface area (Å²) in [5.74, 6) is -1.73. The van der Waals surface area contributed by atoms with Crippen LogP contribution in [0.1, 0.15) is 44.7 Å². The maximum absolute atomic E-state index is 12.1. The van der Waals surface area contributed by atoms with Crippen molar-refractivity contribution in [2.45, 2.75) is 25.7 Å². The summed E-state index contributed by atoms with van der Waals surface area (Å²) >= 11 is 0. The van der Waals surface area contributed by atoms with E-state index in [1.54, 1.807) is 36.4 Å². The van der Waals surface area contributed by atoms with E-state index in [-0.39, 0.29) is 0 Å². The van der Waals surface area contributed by atoms with Gasteiger partial charge < -0.3 is 4.74 Å². The predicted molar refractivity (Wildman–Crippen MR) is 92.3 cm³/mol. The zero-order chi connectivity index (χ0) is 17.6. The van der Waals surface area contributed by atoms with Crippen molar-refractivity contribution in [3.8, 4) is 0 Å². The molecular formula is C20H19NO4. The first kappa shape index (κ1) is 16.9. The molecule has 0 unspecified atom stereocenters. The van der Waals surface area contributed by atoms with Gasteiger partial charge in [0.1, 0.15) is 0 Å². The Bertz CT molecular complexity index is 799. The molecule has 1 N–H and O–H groups in total. The highest BCUT2D eigenvalue weighted by Crippen LogP contribution is 2.22. The summed E-state index contributed by atoms with van der Waals surface area (Å²) in [6.45, 7) is -0.492. The third-order valence-electron chi connectivity index (χ3n) is 4.21. The van der Waals surface area contributed by atoms with E-state index in [1.807, 2.05) is 12.1 Å². The van der Waals surface area contributed by atoms with Crippen molar-refractivity contribution in [3.05, 3.63) is 70.8 Å². The van der Waals surface area contributed by atoms with E-state index < -0.39 is 24.4 Å². The van der Waals surface area contributed by atoms with Crippen LogP contribution in [0.4, 0.5) is 0 Å². The number of aryl methyl sites for hydroxylation is 2. The van der Waals surface area contributed by atoms with Crippen molar-refractivity contribution >= 4 is 17.8 Å². The van der Waals surface area contributed by atoms with Crippen LogP contribution >= 0.6 is 0 Å². The van der Waals surface area contributed by atoms with Crippen LogP contribution in [0.3, 0.4) is 0 Å². The highest BCUT2D eigenvalue weighted by molar-refractivity contribution is 6.05. The van der Waals surface area contributed by atoms with Crippen LogP contribution in [-0.4, -0.2) is 24.4 Å². The van der Waals surface area contributed by atoms with Crippen LogP contribution in [-0.2, 0) is 22.4 Å². The van der Waals surface area contributed by atoms with Gasteiger partial charge in [0.15, 0.2) is 6.61 Å². The molecular weight excluding hydrogens is 318 g/mol. The lowest BCUT2D eigenvalue weighted by Gasteiger charge is -2.16. The van der Waals surface area contributed by atoms with Crippen molar-refractivity contribution in [3.63, 3.8) is 0 Å². The number of nitrogens with one attached hydrogen (secondary N) is 1. The molecule has 0 spiro atoms. The molecule has 3 rings (SSSR count). The van der Waals surface area contributed by atoms with Crippen LogP contribution in [0.15, 0.2) is 48.5 Å². The van der Waals surface area contributed by atoms with Gasteiger partial charge in [-0.15, -0.1) is 0 Å². The van der Waals surface area contributed by atoms with Gasteiger partial charge in [-0.1, -0.05) is 24.3 Å². The topological polar surface area (TPSA) is 72.5 Å². The lowest BCUT2D eigenvalue weighted by molar-refractivity contribution is -0.123. The van der Waals surface area contributed by atoms with Crippen molar-refractivity contribution in [1.82, 2.24) is 5.32 Å². The number of rotatable bonds is 4. The van der Waals surface area contributed by atoms with E-state index in [0.717, 1.165) is 19.3 Å². The average Bonchev–Trinajstić information content (AvgIpc) is 2.66. The molecule has 0 aromatic heterocycles. The molecule has 0 fully saturated rings. The maximum Gasteiger partial charge on any atom is 0.338 e. The number of hydrogen-bond acceptors (Lipinski definition) is 4. The molecule has 5 heteroatoms. The zero-order valence-electron chi connectivity index (χ0n) is 13.8. The highest BCUT2D eigenvalue weighted by Gasteiger charge is 2.16. The molecule has 0 saturated heterocycles. The number of hydrogen-bond donors (Lipinski definition) is 1. The largest absolute Gasteiger partial charge is 0.452 e. The molecule has 1 aliphatic rings. The molecule has 0 heterocycles. The highest BCUT2D eigenvalue weighted by atomic mass is 16.5. The van der Waals surface area contributed by atoms with Gasteiger partial charge in [0.05, 0.1) is 5.56 Å². The second kappa shape index (κ2) is 7.75. The molecule has 0 aliphatic heterocycles. The normalized spacial score (nSPS) is 12.8. The summed E-state index contributed by atoms with van der Waals surface area (Å²) in [4.78, 5) is 35.7. The Morgan fingerprint density at radius 1 is 0.880 bits per heavy atom. The SMILES string of the molecule is O=C(COC(=O)c1ccc2c(c1)CCCC2)NC(=O)c1ccccc1. The zero-order valence-corrected chi connectivity index (χ0v) is 13.8. The van der Waals surface area contributed by atoms with Crippen LogP contribution in [0.25, 0.3) is 0 Å². The number of carbonyl (C=O) groups is 3. The third kappa shape index (κ3) is 4.32. The van der Waals surface area contributed by atoms with Gasteiger partial charge in [0, 0.05) is 5.56 Å². The predicted octanol–water partition coefficient (Wildman–Crippen LogP) is 2.68. The quantitative estimate of drug-likeness (QED) is 0.871. The molecule has 0 bridgehead atoms. The Morgan fingerprint density at radius 3 is 2.36 bits per heavy atom. The lowest BCUT2D eigenvalue weighted by atomic mass is 9.90. The molecule has 128 valence electrons. The monoisotopic (exact) mass is 337 g/mol. The number of benzene rings is 2. The fourth-order valence-corrected chi connectivity index (χ4v) is 2.90. The molecule has 2 aromatic rings. The van der Waals surface area contributed by atoms with E-state index in [9.17, 15) is 14.4 Å². The van der Waals surface area contributed by atoms with E-state index in [4.69, 9.17) is 4.74 Å². The first-order chi connectivity index (χ1) is 12.1. The molecule has 0 saturated carbocycles. The molecule has 1 aliphatic carbocycles. The van der Waals surface area contributed by atoms with E-state index >= 15 is 0 Å². The Kier molecular flexibility index (Phi) is 5.23. The summed E-state index contributed by atoms with van der Waals surface area (Å²) in [6.07, 6.45) is 4.29. The van der Waals surface area contributed by atoms with Crippen LogP contribution < -0.4 is 5.32 Å². The molecule has 25 heavy (non-hydrogen) atoms. The van der Waals surface area contributed by atoms with Crippen LogP contribution in [0, 0.1) is 0 Å². The Balaban J connectivity index is 1.53. The van der Waals surface area contributed by atoms with Crippen LogP contribution in [0.5, 0.6) is 0 Å². The van der Waals surface area contributed by atoms with Gasteiger partial charge in [0.2, 0.25) is 0 Å². The fraction of sp³-hybridized carbons (Fsp3) is 0.250. The molecule has 0 atom stereocenters.